The van der Waals surface area contributed by atoms with Crippen LogP contribution in [0.2, 0.25) is 0 Å². The van der Waals surface area contributed by atoms with Gasteiger partial charge in [-0.25, -0.2) is 0 Å². The van der Waals surface area contributed by atoms with Crippen LogP contribution < -0.4 is 0 Å². The van der Waals surface area contributed by atoms with Crippen LogP contribution in [0.4, 0.5) is 0 Å². The van der Waals surface area contributed by atoms with Crippen LogP contribution in [0.5, 0.6) is 0 Å². The third-order valence-electron chi connectivity index (χ3n) is 2.34. The first-order valence-electron chi connectivity index (χ1n) is 6.40. The summed E-state index contributed by atoms with van der Waals surface area (Å²) in [4.78, 5) is 13.8. The van der Waals surface area contributed by atoms with Crippen LogP contribution in [0.1, 0.15) is 35.3 Å². The Morgan fingerprint density at radius 2 is 2.00 bits per heavy atom. The van der Waals surface area contributed by atoms with E-state index in [1.54, 1.807) is 11.3 Å². The summed E-state index contributed by atoms with van der Waals surface area (Å²) < 4.78 is 10.7. The smallest absolute Gasteiger partial charge is 0.198 e. The predicted octanol–water partition coefficient (Wildman–Crippen LogP) is 3.18. The molecule has 0 spiro atoms. The molecule has 0 saturated carbocycles. The van der Waals surface area contributed by atoms with Gasteiger partial charge < -0.3 is 9.47 Å². The largest absolute Gasteiger partial charge is 0.379 e. The summed E-state index contributed by atoms with van der Waals surface area (Å²) in [6, 6.07) is 3.88. The average molecular weight is 270 g/mol. The number of hydrogen-bond donors (Lipinski definition) is 0. The predicted molar refractivity (Wildman–Crippen MR) is 74.5 cm³/mol. The van der Waals surface area contributed by atoms with Gasteiger partial charge in [0.25, 0.3) is 0 Å². The molecular formula is C14H22O3S. The van der Waals surface area contributed by atoms with Gasteiger partial charge in [-0.3, -0.25) is 4.79 Å². The molecule has 0 aromatic carbocycles. The van der Waals surface area contributed by atoms with Crippen molar-refractivity contribution in [2.45, 2.75) is 27.2 Å². The van der Waals surface area contributed by atoms with Gasteiger partial charge >= 0.3 is 0 Å². The molecule has 1 heterocycles. The zero-order valence-electron chi connectivity index (χ0n) is 11.4. The number of carbonyl (C=O) groups is 1. The maximum absolute atomic E-state index is 11.8. The highest BCUT2D eigenvalue weighted by Crippen LogP contribution is 2.17. The van der Waals surface area contributed by atoms with Crippen LogP contribution in [-0.2, 0) is 15.9 Å². The Labute approximate surface area is 113 Å². The molecule has 18 heavy (non-hydrogen) atoms. The van der Waals surface area contributed by atoms with Gasteiger partial charge in [-0.1, -0.05) is 20.8 Å². The number of thiophene rings is 1. The molecular weight excluding hydrogens is 248 g/mol. The summed E-state index contributed by atoms with van der Waals surface area (Å²) in [5.74, 6) is 0.591. The van der Waals surface area contributed by atoms with Crippen molar-refractivity contribution in [3.8, 4) is 0 Å². The molecule has 4 heteroatoms. The summed E-state index contributed by atoms with van der Waals surface area (Å²) in [6.45, 7) is 8.21. The molecule has 1 rings (SSSR count). The standard InChI is InChI=1S/C14H22O3S/c1-4-12-5-6-14(18-12)13(15)10-17-8-7-16-9-11(2)3/h5-6,11H,4,7-10H2,1-3H3. The Morgan fingerprint density at radius 3 is 2.61 bits per heavy atom. The van der Waals surface area contributed by atoms with Gasteiger partial charge in [-0.15, -0.1) is 11.3 Å². The third-order valence-corrected chi connectivity index (χ3v) is 3.61. The highest BCUT2D eigenvalue weighted by Gasteiger charge is 2.08. The Kier molecular flexibility index (Phi) is 7.16. The highest BCUT2D eigenvalue weighted by atomic mass is 32.1. The molecule has 0 unspecified atom stereocenters. The highest BCUT2D eigenvalue weighted by molar-refractivity contribution is 7.14. The van der Waals surface area contributed by atoms with E-state index in [0.29, 0.717) is 19.1 Å². The SMILES string of the molecule is CCc1ccc(C(=O)COCCOCC(C)C)s1. The number of ether oxygens (including phenoxy) is 2. The molecule has 0 aliphatic heterocycles. The molecule has 0 atom stereocenters. The van der Waals surface area contributed by atoms with Crippen molar-refractivity contribution in [2.24, 2.45) is 5.92 Å². The number of aryl methyl sites for hydroxylation is 1. The molecule has 0 N–H and O–H groups in total. The first-order valence-corrected chi connectivity index (χ1v) is 7.22. The number of ketones is 1. The zero-order valence-corrected chi connectivity index (χ0v) is 12.2. The van der Waals surface area contributed by atoms with Crippen molar-refractivity contribution in [1.82, 2.24) is 0 Å². The van der Waals surface area contributed by atoms with E-state index in [1.165, 1.54) is 4.88 Å². The fourth-order valence-corrected chi connectivity index (χ4v) is 2.26. The fourth-order valence-electron chi connectivity index (χ4n) is 1.39. The van der Waals surface area contributed by atoms with E-state index in [4.69, 9.17) is 9.47 Å². The molecule has 0 fully saturated rings. The van der Waals surface area contributed by atoms with Gasteiger partial charge in [0.1, 0.15) is 6.61 Å². The minimum Gasteiger partial charge on any atom is -0.379 e. The molecule has 0 bridgehead atoms. The number of carbonyl (C=O) groups excluding carboxylic acids is 1. The lowest BCUT2D eigenvalue weighted by atomic mass is 10.2. The summed E-state index contributed by atoms with van der Waals surface area (Å²) in [6.07, 6.45) is 0.974. The fraction of sp³-hybridized carbons (Fsp3) is 0.643. The van der Waals surface area contributed by atoms with Crippen molar-refractivity contribution in [2.75, 3.05) is 26.4 Å². The lowest BCUT2D eigenvalue weighted by Crippen LogP contribution is -2.13. The maximum atomic E-state index is 11.8. The van der Waals surface area contributed by atoms with E-state index in [9.17, 15) is 4.79 Å². The van der Waals surface area contributed by atoms with Crippen molar-refractivity contribution in [1.29, 1.82) is 0 Å². The Bertz CT molecular complexity index is 358. The van der Waals surface area contributed by atoms with Crippen molar-refractivity contribution in [3.63, 3.8) is 0 Å². The molecule has 0 saturated heterocycles. The third kappa shape index (κ3) is 5.76. The van der Waals surface area contributed by atoms with Gasteiger partial charge in [0.05, 0.1) is 18.1 Å². The topological polar surface area (TPSA) is 35.5 Å². The molecule has 102 valence electrons. The minimum atomic E-state index is 0.0589. The van der Waals surface area contributed by atoms with Crippen molar-refractivity contribution in [3.05, 3.63) is 21.9 Å². The Hall–Kier alpha value is -0.710. The van der Waals surface area contributed by atoms with Crippen LogP contribution in [0.25, 0.3) is 0 Å². The van der Waals surface area contributed by atoms with Crippen molar-refractivity contribution >= 4 is 17.1 Å². The van der Waals surface area contributed by atoms with Crippen LogP contribution in [0.15, 0.2) is 12.1 Å². The van der Waals surface area contributed by atoms with E-state index in [0.717, 1.165) is 17.9 Å². The zero-order chi connectivity index (χ0) is 13.4. The second kappa shape index (κ2) is 8.40. The van der Waals surface area contributed by atoms with E-state index in [2.05, 4.69) is 20.8 Å². The van der Waals surface area contributed by atoms with Crippen LogP contribution in [-0.4, -0.2) is 32.2 Å². The van der Waals surface area contributed by atoms with Gasteiger partial charge in [0, 0.05) is 11.5 Å². The normalized spacial score (nSPS) is 11.1. The molecule has 1 aromatic heterocycles. The maximum Gasteiger partial charge on any atom is 0.198 e. The molecule has 0 radical (unpaired) electrons. The molecule has 0 amide bonds. The molecule has 0 aliphatic rings. The van der Waals surface area contributed by atoms with Gasteiger partial charge in [0.15, 0.2) is 5.78 Å². The van der Waals surface area contributed by atoms with Crippen LogP contribution in [0, 0.1) is 5.92 Å². The van der Waals surface area contributed by atoms with Crippen LogP contribution >= 0.6 is 11.3 Å². The molecule has 3 nitrogen and oxygen atoms in total. The second-order valence-electron chi connectivity index (χ2n) is 4.56. The summed E-state index contributed by atoms with van der Waals surface area (Å²) >= 11 is 1.55. The van der Waals surface area contributed by atoms with E-state index < -0.39 is 0 Å². The Morgan fingerprint density at radius 1 is 1.28 bits per heavy atom. The van der Waals surface area contributed by atoms with E-state index in [-0.39, 0.29) is 12.4 Å². The van der Waals surface area contributed by atoms with Gasteiger partial charge in [0.2, 0.25) is 0 Å². The molecule has 1 aromatic rings. The summed E-state index contributed by atoms with van der Waals surface area (Å²) in [5.41, 5.74) is 0. The van der Waals surface area contributed by atoms with E-state index in [1.807, 2.05) is 12.1 Å². The summed E-state index contributed by atoms with van der Waals surface area (Å²) in [7, 11) is 0. The summed E-state index contributed by atoms with van der Waals surface area (Å²) in [5, 5.41) is 0. The molecule has 0 aliphatic carbocycles. The number of Topliss-reactive ketones (excluding diaryl/α,β-unsaturated/α-hetero) is 1. The lowest BCUT2D eigenvalue weighted by Gasteiger charge is -2.06. The second-order valence-corrected chi connectivity index (χ2v) is 5.73. The van der Waals surface area contributed by atoms with Gasteiger partial charge in [-0.2, -0.15) is 0 Å². The monoisotopic (exact) mass is 270 g/mol. The van der Waals surface area contributed by atoms with Gasteiger partial charge in [-0.05, 0) is 24.5 Å². The van der Waals surface area contributed by atoms with Crippen LogP contribution in [0.3, 0.4) is 0 Å². The average Bonchev–Trinajstić information content (AvgIpc) is 2.81. The first kappa shape index (κ1) is 15.3. The lowest BCUT2D eigenvalue weighted by molar-refractivity contribution is 0.0365. The Balaban J connectivity index is 2.13. The first-order chi connectivity index (χ1) is 8.63. The van der Waals surface area contributed by atoms with Crippen molar-refractivity contribution < 1.29 is 14.3 Å². The number of rotatable bonds is 9. The number of hydrogen-bond acceptors (Lipinski definition) is 4. The minimum absolute atomic E-state index is 0.0589. The quantitative estimate of drug-likeness (QED) is 0.510. The van der Waals surface area contributed by atoms with E-state index >= 15 is 0 Å².